The van der Waals surface area contributed by atoms with E-state index in [9.17, 15) is 14.4 Å². The summed E-state index contributed by atoms with van der Waals surface area (Å²) in [5, 5.41) is 3.45. The van der Waals surface area contributed by atoms with E-state index in [2.05, 4.69) is 5.32 Å². The minimum atomic E-state index is -0.881. The molecule has 1 N–H and O–H groups in total. The van der Waals surface area contributed by atoms with Crippen LogP contribution in [0.25, 0.3) is 11.0 Å². The largest absolute Gasteiger partial charge is 0.444 e. The summed E-state index contributed by atoms with van der Waals surface area (Å²) in [4.78, 5) is 37.2. The van der Waals surface area contributed by atoms with E-state index in [1.54, 1.807) is 39.8 Å². The van der Waals surface area contributed by atoms with Gasteiger partial charge in [0, 0.05) is 17.0 Å². The molecule has 0 spiro atoms. The van der Waals surface area contributed by atoms with Gasteiger partial charge in [-0.25, -0.2) is 14.4 Å². The summed E-state index contributed by atoms with van der Waals surface area (Å²) < 4.78 is 16.3. The molecule has 0 aliphatic rings. The number of nitrogens with one attached hydrogen (secondary N) is 1. The van der Waals surface area contributed by atoms with Crippen molar-refractivity contribution in [3.8, 4) is 5.75 Å². The van der Waals surface area contributed by atoms with Crippen molar-refractivity contribution in [1.82, 2.24) is 5.32 Å². The van der Waals surface area contributed by atoms with Crippen molar-refractivity contribution in [2.45, 2.75) is 79.4 Å². The highest BCUT2D eigenvalue weighted by Crippen LogP contribution is 2.29. The molecule has 1 heterocycles. The molecule has 2 unspecified atom stereocenters. The molecule has 0 saturated heterocycles. The Bertz CT molecular complexity index is 1000. The van der Waals surface area contributed by atoms with Gasteiger partial charge < -0.3 is 19.2 Å². The van der Waals surface area contributed by atoms with E-state index in [4.69, 9.17) is 13.9 Å². The van der Waals surface area contributed by atoms with Gasteiger partial charge in [0.25, 0.3) is 0 Å². The molecule has 2 atom stereocenters. The van der Waals surface area contributed by atoms with Crippen LogP contribution in [0, 0.1) is 12.8 Å². The summed E-state index contributed by atoms with van der Waals surface area (Å²) in [6.45, 7) is 12.8. The third-order valence-corrected chi connectivity index (χ3v) is 5.07. The highest BCUT2D eigenvalue weighted by atomic mass is 16.6. The van der Waals surface area contributed by atoms with Crippen molar-refractivity contribution in [1.29, 1.82) is 0 Å². The van der Waals surface area contributed by atoms with Gasteiger partial charge in [0.2, 0.25) is 0 Å². The number of amides is 1. The van der Waals surface area contributed by atoms with Crippen molar-refractivity contribution in [3.05, 3.63) is 39.7 Å². The highest BCUT2D eigenvalue weighted by Gasteiger charge is 2.30. The third-order valence-electron chi connectivity index (χ3n) is 5.07. The van der Waals surface area contributed by atoms with E-state index >= 15 is 0 Å². The van der Waals surface area contributed by atoms with Gasteiger partial charge in [-0.2, -0.15) is 0 Å². The van der Waals surface area contributed by atoms with Crippen LogP contribution in [0.1, 0.15) is 65.5 Å². The average molecular weight is 432 g/mol. The summed E-state index contributed by atoms with van der Waals surface area (Å²) >= 11 is 0. The Balaban J connectivity index is 2.33. The fourth-order valence-corrected chi connectivity index (χ4v) is 3.27. The first-order valence-corrected chi connectivity index (χ1v) is 10.7. The maximum absolute atomic E-state index is 13.0. The van der Waals surface area contributed by atoms with Crippen LogP contribution < -0.4 is 15.7 Å². The molecule has 170 valence electrons. The van der Waals surface area contributed by atoms with Gasteiger partial charge in [0.1, 0.15) is 23.0 Å². The summed E-state index contributed by atoms with van der Waals surface area (Å²) in [5.74, 6) is -0.488. The first-order chi connectivity index (χ1) is 14.5. The van der Waals surface area contributed by atoms with Crippen LogP contribution in [-0.4, -0.2) is 23.7 Å². The second-order valence-corrected chi connectivity index (χ2v) is 8.84. The third kappa shape index (κ3) is 6.32. The molecule has 0 bridgehead atoms. The van der Waals surface area contributed by atoms with E-state index in [0.29, 0.717) is 17.6 Å². The van der Waals surface area contributed by atoms with E-state index in [0.717, 1.165) is 23.8 Å². The molecular formula is C24H33NO6. The van der Waals surface area contributed by atoms with Crippen LogP contribution in [-0.2, 0) is 16.0 Å². The number of alkyl carbamates (subject to hydrolysis) is 1. The van der Waals surface area contributed by atoms with E-state index in [-0.39, 0.29) is 11.7 Å². The summed E-state index contributed by atoms with van der Waals surface area (Å²) in [6.07, 6.45) is 1.61. The maximum Gasteiger partial charge on any atom is 0.408 e. The molecule has 1 aromatic carbocycles. The quantitative estimate of drug-likeness (QED) is 0.381. The molecular weight excluding hydrogens is 398 g/mol. The monoisotopic (exact) mass is 431 g/mol. The lowest BCUT2D eigenvalue weighted by Gasteiger charge is -2.25. The Morgan fingerprint density at radius 3 is 2.45 bits per heavy atom. The summed E-state index contributed by atoms with van der Waals surface area (Å²) in [6, 6.07) is 4.10. The fraction of sp³-hybridized carbons (Fsp3) is 0.542. The summed E-state index contributed by atoms with van der Waals surface area (Å²) in [7, 11) is 0. The number of aryl methyl sites for hydroxylation is 2. The van der Waals surface area contributed by atoms with Gasteiger partial charge in [0.15, 0.2) is 0 Å². The van der Waals surface area contributed by atoms with Crippen molar-refractivity contribution in [2.24, 2.45) is 5.92 Å². The van der Waals surface area contributed by atoms with Crippen molar-refractivity contribution in [3.63, 3.8) is 0 Å². The lowest BCUT2D eigenvalue weighted by Crippen LogP contribution is -2.48. The number of hydrogen-bond acceptors (Lipinski definition) is 6. The molecule has 1 aromatic heterocycles. The molecule has 0 fully saturated rings. The number of carbonyl (C=O) groups excluding carboxylic acids is 2. The Morgan fingerprint density at radius 2 is 1.87 bits per heavy atom. The van der Waals surface area contributed by atoms with Crippen LogP contribution in [0.4, 0.5) is 4.79 Å². The van der Waals surface area contributed by atoms with Gasteiger partial charge in [-0.3, -0.25) is 0 Å². The number of ether oxygens (including phenoxy) is 2. The van der Waals surface area contributed by atoms with E-state index in [1.165, 1.54) is 6.07 Å². The SMILES string of the molecule is CCCc1cc(=O)oc2c(C)c(OC(=O)C(NC(=O)OC(C)(C)C)C(C)CC)ccc12. The molecule has 7 nitrogen and oxygen atoms in total. The lowest BCUT2D eigenvalue weighted by atomic mass is 9.99. The second kappa shape index (κ2) is 9.98. The predicted octanol–water partition coefficient (Wildman–Crippen LogP) is 4.90. The average Bonchev–Trinajstić information content (AvgIpc) is 2.66. The van der Waals surface area contributed by atoms with Crippen molar-refractivity contribution < 1.29 is 23.5 Å². The van der Waals surface area contributed by atoms with E-state index < -0.39 is 29.3 Å². The van der Waals surface area contributed by atoms with Crippen molar-refractivity contribution in [2.75, 3.05) is 0 Å². The standard InChI is InChI=1S/C24H33NO6/c1-8-10-16-13-19(26)30-21-15(4)18(12-11-17(16)21)29-22(27)20(14(3)9-2)25-23(28)31-24(5,6)7/h11-14,20H,8-10H2,1-7H3,(H,25,28). The molecule has 0 saturated carbocycles. The van der Waals surface area contributed by atoms with Crippen LogP contribution in [0.15, 0.2) is 27.4 Å². The number of esters is 1. The number of hydrogen-bond donors (Lipinski definition) is 1. The molecule has 31 heavy (non-hydrogen) atoms. The molecule has 0 radical (unpaired) electrons. The van der Waals surface area contributed by atoms with Gasteiger partial charge >= 0.3 is 17.7 Å². The minimum Gasteiger partial charge on any atom is -0.444 e. The number of benzene rings is 1. The summed E-state index contributed by atoms with van der Waals surface area (Å²) in [5.41, 5.74) is 0.740. The van der Waals surface area contributed by atoms with E-state index in [1.807, 2.05) is 20.8 Å². The number of rotatable bonds is 7. The predicted molar refractivity (Wildman–Crippen MR) is 119 cm³/mol. The lowest BCUT2D eigenvalue weighted by molar-refractivity contribution is -0.138. The van der Waals surface area contributed by atoms with Gasteiger partial charge in [-0.1, -0.05) is 33.6 Å². The van der Waals surface area contributed by atoms with Crippen LogP contribution >= 0.6 is 0 Å². The minimum absolute atomic E-state index is 0.171. The zero-order valence-electron chi connectivity index (χ0n) is 19.5. The normalized spacial score (nSPS) is 13.5. The van der Waals surface area contributed by atoms with Crippen LogP contribution in [0.2, 0.25) is 0 Å². The highest BCUT2D eigenvalue weighted by molar-refractivity contribution is 5.88. The van der Waals surface area contributed by atoms with Gasteiger partial charge in [-0.05, 0) is 57.7 Å². The topological polar surface area (TPSA) is 94.8 Å². The van der Waals surface area contributed by atoms with Crippen LogP contribution in [0.5, 0.6) is 5.75 Å². The number of fused-ring (bicyclic) bond motifs is 1. The second-order valence-electron chi connectivity index (χ2n) is 8.84. The molecule has 2 aromatic rings. The first kappa shape index (κ1) is 24.4. The number of carbonyl (C=O) groups is 2. The molecule has 2 rings (SSSR count). The smallest absolute Gasteiger partial charge is 0.408 e. The van der Waals surface area contributed by atoms with Crippen LogP contribution in [0.3, 0.4) is 0 Å². The maximum atomic E-state index is 13.0. The Kier molecular flexibility index (Phi) is 7.87. The molecule has 7 heteroatoms. The zero-order chi connectivity index (χ0) is 23.3. The Labute approximate surface area is 183 Å². The Hall–Kier alpha value is -2.83. The molecule has 0 aliphatic carbocycles. The molecule has 1 amide bonds. The van der Waals surface area contributed by atoms with Gasteiger partial charge in [-0.15, -0.1) is 0 Å². The first-order valence-electron chi connectivity index (χ1n) is 10.7. The zero-order valence-corrected chi connectivity index (χ0v) is 19.5. The van der Waals surface area contributed by atoms with Gasteiger partial charge in [0.05, 0.1) is 0 Å². The molecule has 0 aliphatic heterocycles. The Morgan fingerprint density at radius 1 is 1.19 bits per heavy atom. The van der Waals surface area contributed by atoms with Crippen molar-refractivity contribution >= 4 is 23.0 Å². The fourth-order valence-electron chi connectivity index (χ4n) is 3.27.